The van der Waals surface area contributed by atoms with E-state index in [9.17, 15) is 5.11 Å². The van der Waals surface area contributed by atoms with Crippen LogP contribution in [-0.2, 0) is 6.42 Å². The molecule has 2 unspecified atom stereocenters. The van der Waals surface area contributed by atoms with Gasteiger partial charge in [0.15, 0.2) is 0 Å². The Hall–Kier alpha value is -0.860. The predicted molar refractivity (Wildman–Crippen MR) is 52.5 cm³/mol. The molecule has 0 aliphatic carbocycles. The van der Waals surface area contributed by atoms with Gasteiger partial charge in [0, 0.05) is 0 Å². The smallest absolute Gasteiger partial charge is 0.0605 e. The van der Waals surface area contributed by atoms with Crippen LogP contribution in [0.1, 0.15) is 18.9 Å². The Kier molecular flexibility index (Phi) is 3.93. The molecule has 2 heteroatoms. The van der Waals surface area contributed by atoms with Crippen molar-refractivity contribution in [3.63, 3.8) is 0 Å². The summed E-state index contributed by atoms with van der Waals surface area (Å²) in [6.45, 7) is 1.69. The fraction of sp³-hybridized carbons (Fsp3) is 0.455. The van der Waals surface area contributed by atoms with Crippen LogP contribution in [0.5, 0.6) is 0 Å². The van der Waals surface area contributed by atoms with Crippen LogP contribution >= 0.6 is 0 Å². The monoisotopic (exact) mass is 180 g/mol. The third kappa shape index (κ3) is 4.06. The maximum absolute atomic E-state index is 9.51. The molecule has 0 heterocycles. The summed E-state index contributed by atoms with van der Waals surface area (Å²) in [5.41, 5.74) is 1.11. The van der Waals surface area contributed by atoms with Crippen molar-refractivity contribution < 1.29 is 10.2 Å². The highest BCUT2D eigenvalue weighted by Gasteiger charge is 2.08. The van der Waals surface area contributed by atoms with E-state index in [-0.39, 0.29) is 0 Å². The van der Waals surface area contributed by atoms with Crippen LogP contribution < -0.4 is 0 Å². The lowest BCUT2D eigenvalue weighted by Crippen LogP contribution is -2.17. The zero-order valence-corrected chi connectivity index (χ0v) is 7.85. The van der Waals surface area contributed by atoms with Gasteiger partial charge >= 0.3 is 0 Å². The summed E-state index contributed by atoms with van der Waals surface area (Å²) in [6, 6.07) is 9.80. The summed E-state index contributed by atoms with van der Waals surface area (Å²) >= 11 is 0. The predicted octanol–water partition coefficient (Wildman–Crippen LogP) is 1.36. The molecule has 0 aliphatic heterocycles. The molecule has 0 radical (unpaired) electrons. The molecule has 13 heavy (non-hydrogen) atoms. The highest BCUT2D eigenvalue weighted by atomic mass is 16.3. The van der Waals surface area contributed by atoms with E-state index in [1.165, 1.54) is 0 Å². The van der Waals surface area contributed by atoms with Gasteiger partial charge in [-0.15, -0.1) is 0 Å². The van der Waals surface area contributed by atoms with E-state index < -0.39 is 12.2 Å². The van der Waals surface area contributed by atoms with Gasteiger partial charge in [-0.2, -0.15) is 0 Å². The van der Waals surface area contributed by atoms with Crippen molar-refractivity contribution in [1.29, 1.82) is 0 Å². The van der Waals surface area contributed by atoms with Crippen LogP contribution in [0.3, 0.4) is 0 Å². The van der Waals surface area contributed by atoms with Crippen molar-refractivity contribution in [2.45, 2.75) is 32.0 Å². The zero-order chi connectivity index (χ0) is 9.68. The molecule has 72 valence electrons. The van der Waals surface area contributed by atoms with Crippen molar-refractivity contribution in [1.82, 2.24) is 0 Å². The minimum atomic E-state index is -0.442. The first kappa shape index (κ1) is 10.2. The van der Waals surface area contributed by atoms with Crippen LogP contribution in [0.4, 0.5) is 0 Å². The lowest BCUT2D eigenvalue weighted by atomic mass is 10.0. The van der Waals surface area contributed by atoms with Gasteiger partial charge in [-0.05, 0) is 25.3 Å². The Labute approximate surface area is 78.8 Å². The Morgan fingerprint density at radius 3 is 2.31 bits per heavy atom. The van der Waals surface area contributed by atoms with Gasteiger partial charge in [0.2, 0.25) is 0 Å². The fourth-order valence-electron chi connectivity index (χ4n) is 1.36. The van der Waals surface area contributed by atoms with E-state index in [4.69, 9.17) is 5.11 Å². The van der Waals surface area contributed by atoms with Gasteiger partial charge in [0.1, 0.15) is 0 Å². The molecule has 0 spiro atoms. The molecule has 0 bridgehead atoms. The van der Waals surface area contributed by atoms with Gasteiger partial charge in [-0.3, -0.25) is 0 Å². The number of benzene rings is 1. The van der Waals surface area contributed by atoms with Crippen LogP contribution in [0.2, 0.25) is 0 Å². The van der Waals surface area contributed by atoms with Crippen LogP contribution in [0.15, 0.2) is 30.3 Å². The van der Waals surface area contributed by atoms with Crippen molar-refractivity contribution >= 4 is 0 Å². The van der Waals surface area contributed by atoms with Gasteiger partial charge in [0.25, 0.3) is 0 Å². The summed E-state index contributed by atoms with van der Waals surface area (Å²) in [7, 11) is 0. The molecule has 0 amide bonds. The molecule has 2 nitrogen and oxygen atoms in total. The topological polar surface area (TPSA) is 40.5 Å². The first-order valence-corrected chi connectivity index (χ1v) is 4.58. The van der Waals surface area contributed by atoms with E-state index in [0.717, 1.165) is 5.56 Å². The van der Waals surface area contributed by atoms with Crippen molar-refractivity contribution in [2.24, 2.45) is 0 Å². The minimum absolute atomic E-state index is 0.432. The van der Waals surface area contributed by atoms with Crippen LogP contribution in [0, 0.1) is 0 Å². The highest BCUT2D eigenvalue weighted by molar-refractivity contribution is 5.15. The van der Waals surface area contributed by atoms with Gasteiger partial charge in [0.05, 0.1) is 12.2 Å². The molecular weight excluding hydrogens is 164 g/mol. The number of aliphatic hydroxyl groups is 2. The number of rotatable bonds is 4. The lowest BCUT2D eigenvalue weighted by Gasteiger charge is -2.11. The average molecular weight is 180 g/mol. The first-order chi connectivity index (χ1) is 6.18. The second-order valence-corrected chi connectivity index (χ2v) is 3.43. The molecule has 0 saturated carbocycles. The fourth-order valence-corrected chi connectivity index (χ4v) is 1.36. The van der Waals surface area contributed by atoms with Gasteiger partial charge < -0.3 is 10.2 Å². The summed E-state index contributed by atoms with van der Waals surface area (Å²) in [5, 5.41) is 18.6. The zero-order valence-electron chi connectivity index (χ0n) is 7.85. The van der Waals surface area contributed by atoms with E-state index in [1.807, 2.05) is 30.3 Å². The Bertz CT molecular complexity index is 231. The van der Waals surface area contributed by atoms with E-state index in [0.29, 0.717) is 12.8 Å². The molecule has 0 saturated heterocycles. The first-order valence-electron chi connectivity index (χ1n) is 4.58. The second-order valence-electron chi connectivity index (χ2n) is 3.43. The molecular formula is C11H16O2. The number of aliphatic hydroxyl groups excluding tert-OH is 2. The van der Waals surface area contributed by atoms with Crippen molar-refractivity contribution in [2.75, 3.05) is 0 Å². The molecule has 1 rings (SSSR count). The van der Waals surface area contributed by atoms with E-state index in [2.05, 4.69) is 0 Å². The Morgan fingerprint density at radius 1 is 1.15 bits per heavy atom. The highest BCUT2D eigenvalue weighted by Crippen LogP contribution is 2.07. The third-order valence-corrected chi connectivity index (χ3v) is 1.93. The summed E-state index contributed by atoms with van der Waals surface area (Å²) in [4.78, 5) is 0. The SMILES string of the molecule is CC(O)CC(O)Cc1ccccc1. The molecule has 2 N–H and O–H groups in total. The minimum Gasteiger partial charge on any atom is -0.393 e. The van der Waals surface area contributed by atoms with E-state index >= 15 is 0 Å². The van der Waals surface area contributed by atoms with Crippen molar-refractivity contribution in [3.05, 3.63) is 35.9 Å². The second kappa shape index (κ2) is 5.00. The maximum Gasteiger partial charge on any atom is 0.0605 e. The summed E-state index contributed by atoms with van der Waals surface area (Å²) in [6.07, 6.45) is 0.182. The standard InChI is InChI=1S/C11H16O2/c1-9(12)7-11(13)8-10-5-3-2-4-6-10/h2-6,9,11-13H,7-8H2,1H3. The molecule has 1 aromatic rings. The summed E-state index contributed by atoms with van der Waals surface area (Å²) < 4.78 is 0. The Morgan fingerprint density at radius 2 is 1.77 bits per heavy atom. The summed E-state index contributed by atoms with van der Waals surface area (Å²) in [5.74, 6) is 0. The number of hydrogen-bond acceptors (Lipinski definition) is 2. The third-order valence-electron chi connectivity index (χ3n) is 1.93. The normalized spacial score (nSPS) is 15.3. The van der Waals surface area contributed by atoms with Crippen molar-refractivity contribution in [3.8, 4) is 0 Å². The molecule has 1 aromatic carbocycles. The van der Waals surface area contributed by atoms with Crippen LogP contribution in [0.25, 0.3) is 0 Å². The number of hydrogen-bond donors (Lipinski definition) is 2. The molecule has 0 fully saturated rings. The largest absolute Gasteiger partial charge is 0.393 e. The van der Waals surface area contributed by atoms with Gasteiger partial charge in [-0.25, -0.2) is 0 Å². The maximum atomic E-state index is 9.51. The molecule has 0 aromatic heterocycles. The quantitative estimate of drug-likeness (QED) is 0.734. The molecule has 0 aliphatic rings. The van der Waals surface area contributed by atoms with E-state index in [1.54, 1.807) is 6.92 Å². The Balaban J connectivity index is 2.41. The molecule has 2 atom stereocenters. The lowest BCUT2D eigenvalue weighted by molar-refractivity contribution is 0.0909. The average Bonchev–Trinajstić information content (AvgIpc) is 2.04. The van der Waals surface area contributed by atoms with Gasteiger partial charge in [-0.1, -0.05) is 30.3 Å². The van der Waals surface area contributed by atoms with Crippen LogP contribution in [-0.4, -0.2) is 22.4 Å².